The highest BCUT2D eigenvalue weighted by Crippen LogP contribution is 2.30. The lowest BCUT2D eigenvalue weighted by Gasteiger charge is -2.39. The van der Waals surface area contributed by atoms with E-state index in [1.165, 1.54) is 10.5 Å². The molecule has 4 rings (SSSR count). The topological polar surface area (TPSA) is 91.8 Å². The minimum absolute atomic E-state index is 0.128. The first kappa shape index (κ1) is 20.8. The second-order valence-electron chi connectivity index (χ2n) is 7.95. The number of hydrogen-bond donors (Lipinski definition) is 1. The normalized spacial score (nSPS) is 20.9. The van der Waals surface area contributed by atoms with Crippen molar-refractivity contribution in [3.63, 3.8) is 0 Å². The molecule has 0 radical (unpaired) electrons. The molecule has 1 aromatic carbocycles. The Morgan fingerprint density at radius 1 is 1.23 bits per heavy atom. The van der Waals surface area contributed by atoms with E-state index >= 15 is 0 Å². The molecule has 2 aromatic rings. The number of anilines is 1. The Balaban J connectivity index is 1.57. The van der Waals surface area contributed by atoms with Crippen molar-refractivity contribution in [3.8, 4) is 5.75 Å². The Hall–Kier alpha value is -2.49. The summed E-state index contributed by atoms with van der Waals surface area (Å²) in [6.07, 6.45) is 2.90. The number of rotatable bonds is 3. The number of hydrogen-bond acceptors (Lipinski definition) is 6. The van der Waals surface area contributed by atoms with Gasteiger partial charge in [0.05, 0.1) is 18.3 Å². The van der Waals surface area contributed by atoms with Gasteiger partial charge in [-0.05, 0) is 35.7 Å². The van der Waals surface area contributed by atoms with Crippen LogP contribution in [-0.4, -0.2) is 67.3 Å². The lowest BCUT2D eigenvalue weighted by Crippen LogP contribution is -2.57. The van der Waals surface area contributed by atoms with E-state index in [1.807, 2.05) is 23.1 Å². The quantitative estimate of drug-likeness (QED) is 0.800. The van der Waals surface area contributed by atoms with E-state index in [-0.39, 0.29) is 29.9 Å². The summed E-state index contributed by atoms with van der Waals surface area (Å²) in [7, 11) is -3.64. The number of nitrogens with zero attached hydrogens (tertiary/aromatic N) is 3. The molecule has 0 saturated carbocycles. The lowest BCUT2D eigenvalue weighted by molar-refractivity contribution is -0.118. The Morgan fingerprint density at radius 3 is 2.80 bits per heavy atom. The van der Waals surface area contributed by atoms with Gasteiger partial charge in [-0.1, -0.05) is 19.9 Å². The maximum Gasteiger partial charge on any atom is 0.244 e. The van der Waals surface area contributed by atoms with Gasteiger partial charge in [0.1, 0.15) is 17.3 Å². The first-order chi connectivity index (χ1) is 14.3. The summed E-state index contributed by atoms with van der Waals surface area (Å²) in [6.45, 7) is 5.69. The van der Waals surface area contributed by atoms with E-state index in [0.717, 1.165) is 5.56 Å². The maximum atomic E-state index is 13.0. The summed E-state index contributed by atoms with van der Waals surface area (Å²) in [5.74, 6) is 0.801. The van der Waals surface area contributed by atoms with Gasteiger partial charge in [-0.15, -0.1) is 0 Å². The minimum atomic E-state index is -3.64. The van der Waals surface area contributed by atoms with Crippen LogP contribution in [0.4, 0.5) is 5.69 Å². The predicted octanol–water partition coefficient (Wildman–Crippen LogP) is 1.91. The Labute approximate surface area is 176 Å². The molecule has 160 valence electrons. The van der Waals surface area contributed by atoms with Crippen molar-refractivity contribution in [2.45, 2.75) is 30.7 Å². The van der Waals surface area contributed by atoms with Crippen LogP contribution in [0, 0.1) is 0 Å². The molecule has 8 nitrogen and oxygen atoms in total. The fourth-order valence-corrected chi connectivity index (χ4v) is 5.22. The van der Waals surface area contributed by atoms with Gasteiger partial charge < -0.3 is 10.1 Å². The summed E-state index contributed by atoms with van der Waals surface area (Å²) in [5.41, 5.74) is 1.77. The van der Waals surface area contributed by atoms with Crippen LogP contribution in [0.25, 0.3) is 0 Å². The molecule has 1 N–H and O–H groups in total. The molecule has 1 atom stereocenters. The number of amides is 1. The summed E-state index contributed by atoms with van der Waals surface area (Å²) >= 11 is 0. The number of ether oxygens (including phenoxy) is 1. The van der Waals surface area contributed by atoms with Gasteiger partial charge in [0, 0.05) is 32.0 Å². The number of fused-ring (bicyclic) bond motifs is 2. The average molecular weight is 431 g/mol. The van der Waals surface area contributed by atoms with Crippen molar-refractivity contribution in [3.05, 3.63) is 48.3 Å². The van der Waals surface area contributed by atoms with E-state index in [4.69, 9.17) is 4.74 Å². The van der Waals surface area contributed by atoms with Gasteiger partial charge >= 0.3 is 0 Å². The maximum absolute atomic E-state index is 13.0. The van der Waals surface area contributed by atoms with Gasteiger partial charge in [0.15, 0.2) is 0 Å². The van der Waals surface area contributed by atoms with Crippen LogP contribution in [0.1, 0.15) is 25.3 Å². The van der Waals surface area contributed by atoms with Crippen molar-refractivity contribution in [2.75, 3.05) is 38.1 Å². The fraction of sp³-hybridized carbons (Fsp3) is 0.429. The number of sulfonamides is 1. The molecule has 9 heteroatoms. The molecule has 0 aliphatic carbocycles. The monoisotopic (exact) mass is 430 g/mol. The average Bonchev–Trinajstić information content (AvgIpc) is 2.80. The molecule has 30 heavy (non-hydrogen) atoms. The van der Waals surface area contributed by atoms with Crippen molar-refractivity contribution in [2.24, 2.45) is 0 Å². The highest BCUT2D eigenvalue weighted by molar-refractivity contribution is 7.89. The Morgan fingerprint density at radius 2 is 2.07 bits per heavy atom. The van der Waals surface area contributed by atoms with Gasteiger partial charge in [-0.2, -0.15) is 4.31 Å². The number of benzene rings is 1. The molecular weight excluding hydrogens is 404 g/mol. The van der Waals surface area contributed by atoms with Crippen LogP contribution in [0.5, 0.6) is 5.75 Å². The van der Waals surface area contributed by atoms with E-state index in [1.54, 1.807) is 18.3 Å². The van der Waals surface area contributed by atoms with Crippen molar-refractivity contribution in [1.29, 1.82) is 0 Å². The zero-order valence-corrected chi connectivity index (χ0v) is 17.9. The third-order valence-corrected chi connectivity index (χ3v) is 7.41. The van der Waals surface area contributed by atoms with Gasteiger partial charge in [-0.3, -0.25) is 14.7 Å². The predicted molar refractivity (Wildman–Crippen MR) is 113 cm³/mol. The molecule has 0 bridgehead atoms. The third-order valence-electron chi connectivity index (χ3n) is 5.56. The summed E-state index contributed by atoms with van der Waals surface area (Å²) < 4.78 is 33.5. The first-order valence-electron chi connectivity index (χ1n) is 10.1. The summed E-state index contributed by atoms with van der Waals surface area (Å²) in [4.78, 5) is 18.7. The fourth-order valence-electron chi connectivity index (χ4n) is 3.79. The number of pyridine rings is 1. The van der Waals surface area contributed by atoms with Gasteiger partial charge in [0.25, 0.3) is 0 Å². The Bertz CT molecular complexity index is 1030. The molecule has 2 aliphatic rings. The number of nitrogens with one attached hydrogen (secondary N) is 1. The molecule has 0 spiro atoms. The molecule has 2 aliphatic heterocycles. The summed E-state index contributed by atoms with van der Waals surface area (Å²) in [5, 5.41) is 2.95. The van der Waals surface area contributed by atoms with E-state index < -0.39 is 10.0 Å². The second kappa shape index (κ2) is 8.33. The third kappa shape index (κ3) is 4.19. The first-order valence-corrected chi connectivity index (χ1v) is 11.5. The van der Waals surface area contributed by atoms with E-state index in [2.05, 4.69) is 24.1 Å². The van der Waals surface area contributed by atoms with E-state index in [0.29, 0.717) is 37.1 Å². The van der Waals surface area contributed by atoms with Crippen molar-refractivity contribution < 1.29 is 17.9 Å². The number of carbonyl (C=O) groups excluding carboxylic acids is 1. The lowest BCUT2D eigenvalue weighted by atomic mass is 10.0. The van der Waals surface area contributed by atoms with Gasteiger partial charge in [-0.25, -0.2) is 8.42 Å². The zero-order chi connectivity index (χ0) is 21.3. The second-order valence-corrected chi connectivity index (χ2v) is 9.88. The van der Waals surface area contributed by atoms with Crippen LogP contribution in [0.15, 0.2) is 47.6 Å². The molecular formula is C21H26N4O4S. The highest BCUT2D eigenvalue weighted by atomic mass is 32.2. The standard InChI is InChI=1S/C21H26N4O4S/c1-15(2)16-5-6-20-19(10-16)23-21(26)13-24-8-9-25(12-17(24)14-29-20)30(27,28)18-4-3-7-22-11-18/h3-7,10-11,15,17H,8-9,12-14H2,1-2H3,(H,23,26)/t17-/m0/s1. The Kier molecular flexibility index (Phi) is 5.77. The van der Waals surface area contributed by atoms with Crippen LogP contribution < -0.4 is 10.1 Å². The van der Waals surface area contributed by atoms with E-state index in [9.17, 15) is 13.2 Å². The zero-order valence-electron chi connectivity index (χ0n) is 17.1. The van der Waals surface area contributed by atoms with Crippen LogP contribution in [-0.2, 0) is 14.8 Å². The van der Waals surface area contributed by atoms with Crippen LogP contribution in [0.3, 0.4) is 0 Å². The summed E-state index contributed by atoms with van der Waals surface area (Å²) in [6, 6.07) is 8.73. The largest absolute Gasteiger partial charge is 0.490 e. The van der Waals surface area contributed by atoms with Crippen LogP contribution >= 0.6 is 0 Å². The molecule has 1 fully saturated rings. The molecule has 1 amide bonds. The SMILES string of the molecule is CC(C)c1ccc2c(c1)NC(=O)CN1CCN(S(=O)(=O)c3cccnc3)C[C@H]1CO2. The molecule has 0 unspecified atom stereocenters. The molecule has 1 saturated heterocycles. The van der Waals surface area contributed by atoms with Crippen LogP contribution in [0.2, 0.25) is 0 Å². The molecule has 3 heterocycles. The minimum Gasteiger partial charge on any atom is -0.490 e. The number of carbonyl (C=O) groups is 1. The van der Waals surface area contributed by atoms with Gasteiger partial charge in [0.2, 0.25) is 15.9 Å². The number of piperazine rings is 1. The smallest absolute Gasteiger partial charge is 0.244 e. The van der Waals surface area contributed by atoms with Crippen molar-refractivity contribution >= 4 is 21.6 Å². The highest BCUT2D eigenvalue weighted by Gasteiger charge is 2.36. The van der Waals surface area contributed by atoms with Crippen molar-refractivity contribution in [1.82, 2.24) is 14.2 Å². The number of aromatic nitrogens is 1. The molecule has 1 aromatic heterocycles.